The highest BCUT2D eigenvalue weighted by atomic mass is 35.5. The summed E-state index contributed by atoms with van der Waals surface area (Å²) in [4.78, 5) is 26.7. The first-order chi connectivity index (χ1) is 12.1. The lowest BCUT2D eigenvalue weighted by Crippen LogP contribution is -2.25. The van der Waals surface area contributed by atoms with Crippen LogP contribution in [0, 0.1) is 0 Å². The number of benzene rings is 2. The zero-order chi connectivity index (χ0) is 18.1. The summed E-state index contributed by atoms with van der Waals surface area (Å²) in [6, 6.07) is 18.7. The second-order valence-electron chi connectivity index (χ2n) is 5.95. The van der Waals surface area contributed by atoms with E-state index in [0.29, 0.717) is 5.75 Å². The molecule has 1 atom stereocenters. The Kier molecular flexibility index (Phi) is 10.7. The smallest absolute Gasteiger partial charge is 0.219 e. The van der Waals surface area contributed by atoms with E-state index < -0.39 is 0 Å². The molecule has 6 heteroatoms. The molecule has 0 radical (unpaired) electrons. The van der Waals surface area contributed by atoms with E-state index in [1.54, 1.807) is 0 Å². The van der Waals surface area contributed by atoms with Crippen LogP contribution in [0.15, 0.2) is 60.7 Å². The number of thioether (sulfide) groups is 2. The normalized spacial score (nSPS) is 11.7. The molecule has 3 nitrogen and oxygen atoms in total. The van der Waals surface area contributed by atoms with Gasteiger partial charge in [0.05, 0.1) is 0 Å². The van der Waals surface area contributed by atoms with Crippen LogP contribution < -0.4 is 0 Å². The Hall–Kier alpha value is -1.27. The van der Waals surface area contributed by atoms with Gasteiger partial charge < -0.3 is 4.90 Å². The fourth-order valence-corrected chi connectivity index (χ4v) is 4.55. The standard InChI is InChI=1S/C20H23NO2S2.ClH/c1-21(2)15-18(25-20(23)17-11-7-4-8-12-17)13-14-24-19(22)16-9-5-3-6-10-16;/h3-12,18H,13-15H2,1-2H3;1H. The van der Waals surface area contributed by atoms with Crippen molar-refractivity contribution in [2.24, 2.45) is 0 Å². The lowest BCUT2D eigenvalue weighted by Gasteiger charge is -2.19. The van der Waals surface area contributed by atoms with Crippen molar-refractivity contribution in [2.45, 2.75) is 11.7 Å². The van der Waals surface area contributed by atoms with Crippen molar-refractivity contribution < 1.29 is 9.59 Å². The number of halogens is 1. The minimum atomic E-state index is 0. The molecule has 2 aromatic carbocycles. The van der Waals surface area contributed by atoms with Crippen LogP contribution in [-0.4, -0.2) is 46.8 Å². The number of nitrogens with zero attached hydrogens (tertiary/aromatic N) is 1. The van der Waals surface area contributed by atoms with Gasteiger partial charge >= 0.3 is 0 Å². The van der Waals surface area contributed by atoms with Gasteiger partial charge in [0.25, 0.3) is 0 Å². The van der Waals surface area contributed by atoms with Gasteiger partial charge in [0.2, 0.25) is 10.2 Å². The molecular weight excluding hydrogens is 386 g/mol. The van der Waals surface area contributed by atoms with Crippen molar-refractivity contribution in [1.29, 1.82) is 0 Å². The molecule has 0 aliphatic heterocycles. The van der Waals surface area contributed by atoms with E-state index in [-0.39, 0.29) is 27.9 Å². The molecule has 0 fully saturated rings. The molecular formula is C20H24ClNO2S2. The zero-order valence-corrected chi connectivity index (χ0v) is 17.4. The SMILES string of the molecule is CN(C)CC(CCSC(=O)c1ccccc1)SC(=O)c1ccccc1.Cl. The van der Waals surface area contributed by atoms with Crippen LogP contribution in [0.4, 0.5) is 0 Å². The largest absolute Gasteiger partial charge is 0.308 e. The molecule has 0 amide bonds. The molecule has 0 aromatic heterocycles. The van der Waals surface area contributed by atoms with Crippen LogP contribution in [0.2, 0.25) is 0 Å². The predicted molar refractivity (Wildman–Crippen MR) is 116 cm³/mol. The van der Waals surface area contributed by atoms with Gasteiger partial charge in [0, 0.05) is 28.7 Å². The van der Waals surface area contributed by atoms with E-state index in [4.69, 9.17) is 0 Å². The van der Waals surface area contributed by atoms with Gasteiger partial charge in [-0.05, 0) is 20.5 Å². The van der Waals surface area contributed by atoms with E-state index in [2.05, 4.69) is 4.90 Å². The van der Waals surface area contributed by atoms with Crippen molar-refractivity contribution in [3.63, 3.8) is 0 Å². The third-order valence-electron chi connectivity index (χ3n) is 3.53. The Morgan fingerprint density at radius 1 is 0.885 bits per heavy atom. The van der Waals surface area contributed by atoms with E-state index in [1.807, 2.05) is 74.8 Å². The summed E-state index contributed by atoms with van der Waals surface area (Å²) >= 11 is 2.69. The maximum absolute atomic E-state index is 12.4. The maximum Gasteiger partial charge on any atom is 0.219 e. The highest BCUT2D eigenvalue weighted by Crippen LogP contribution is 2.24. The fourth-order valence-electron chi connectivity index (χ4n) is 2.33. The topological polar surface area (TPSA) is 37.4 Å². The summed E-state index contributed by atoms with van der Waals surface area (Å²) in [6.07, 6.45) is 0.810. The van der Waals surface area contributed by atoms with Crippen molar-refractivity contribution in [3.05, 3.63) is 71.8 Å². The van der Waals surface area contributed by atoms with Crippen molar-refractivity contribution >= 4 is 46.2 Å². The maximum atomic E-state index is 12.4. The van der Waals surface area contributed by atoms with Crippen LogP contribution >= 0.6 is 35.9 Å². The van der Waals surface area contributed by atoms with Gasteiger partial charge in [0.15, 0.2) is 0 Å². The minimum absolute atomic E-state index is 0. The Bertz CT molecular complexity index is 681. The molecule has 26 heavy (non-hydrogen) atoms. The third kappa shape index (κ3) is 7.96. The van der Waals surface area contributed by atoms with Gasteiger partial charge in [-0.25, -0.2) is 0 Å². The van der Waals surface area contributed by atoms with E-state index >= 15 is 0 Å². The van der Waals surface area contributed by atoms with Crippen molar-refractivity contribution in [3.8, 4) is 0 Å². The summed E-state index contributed by atoms with van der Waals surface area (Å²) < 4.78 is 0. The lowest BCUT2D eigenvalue weighted by atomic mass is 10.2. The first kappa shape index (κ1) is 22.8. The van der Waals surface area contributed by atoms with Crippen LogP contribution in [0.3, 0.4) is 0 Å². The Balaban J connectivity index is 0.00000338. The average molecular weight is 410 g/mol. The Morgan fingerprint density at radius 3 is 1.88 bits per heavy atom. The second kappa shape index (κ2) is 12.2. The summed E-state index contributed by atoms with van der Waals surface area (Å²) in [5, 5.41) is 0.342. The Labute approximate surface area is 170 Å². The molecule has 0 N–H and O–H groups in total. The molecule has 2 rings (SSSR count). The zero-order valence-electron chi connectivity index (χ0n) is 15.0. The van der Waals surface area contributed by atoms with E-state index in [0.717, 1.165) is 24.1 Å². The number of hydrogen-bond acceptors (Lipinski definition) is 5. The lowest BCUT2D eigenvalue weighted by molar-refractivity contribution is 0.108. The molecule has 140 valence electrons. The van der Waals surface area contributed by atoms with Crippen LogP contribution in [0.1, 0.15) is 27.1 Å². The average Bonchev–Trinajstić information content (AvgIpc) is 2.62. The van der Waals surface area contributed by atoms with Crippen LogP contribution in [0.5, 0.6) is 0 Å². The first-order valence-corrected chi connectivity index (χ1v) is 10.1. The van der Waals surface area contributed by atoms with Gasteiger partial charge in [-0.3, -0.25) is 9.59 Å². The molecule has 0 aliphatic carbocycles. The van der Waals surface area contributed by atoms with Gasteiger partial charge in [0.1, 0.15) is 0 Å². The highest BCUT2D eigenvalue weighted by molar-refractivity contribution is 8.15. The minimum Gasteiger partial charge on any atom is -0.308 e. The van der Waals surface area contributed by atoms with Gasteiger partial charge in [-0.15, -0.1) is 12.4 Å². The Morgan fingerprint density at radius 2 is 1.38 bits per heavy atom. The molecule has 1 unspecified atom stereocenters. The number of carbonyl (C=O) groups excluding carboxylic acids is 2. The highest BCUT2D eigenvalue weighted by Gasteiger charge is 2.18. The molecule has 0 saturated heterocycles. The summed E-state index contributed by atoms with van der Waals surface area (Å²) in [6.45, 7) is 0.809. The van der Waals surface area contributed by atoms with Crippen molar-refractivity contribution in [2.75, 3.05) is 26.4 Å². The van der Waals surface area contributed by atoms with Crippen LogP contribution in [-0.2, 0) is 0 Å². The molecule has 2 aromatic rings. The monoisotopic (exact) mass is 409 g/mol. The summed E-state index contributed by atoms with van der Waals surface area (Å²) in [5.74, 6) is 0.710. The molecule has 0 bridgehead atoms. The summed E-state index contributed by atoms with van der Waals surface area (Å²) in [7, 11) is 4.01. The van der Waals surface area contributed by atoms with Crippen molar-refractivity contribution in [1.82, 2.24) is 4.90 Å². The molecule has 0 saturated carbocycles. The van der Waals surface area contributed by atoms with E-state index in [9.17, 15) is 9.59 Å². The fraction of sp³-hybridized carbons (Fsp3) is 0.300. The number of carbonyl (C=O) groups is 2. The van der Waals surface area contributed by atoms with Crippen LogP contribution in [0.25, 0.3) is 0 Å². The molecule has 0 heterocycles. The predicted octanol–water partition coefficient (Wildman–Crippen LogP) is 4.88. The second-order valence-corrected chi connectivity index (χ2v) is 8.29. The van der Waals surface area contributed by atoms with Gasteiger partial charge in [-0.1, -0.05) is 84.2 Å². The van der Waals surface area contributed by atoms with E-state index in [1.165, 1.54) is 23.5 Å². The number of rotatable bonds is 8. The number of hydrogen-bond donors (Lipinski definition) is 0. The van der Waals surface area contributed by atoms with Gasteiger partial charge in [-0.2, -0.15) is 0 Å². The molecule has 0 aliphatic rings. The summed E-state index contributed by atoms with van der Waals surface area (Å²) in [5.41, 5.74) is 1.45. The quantitative estimate of drug-likeness (QED) is 0.621. The molecule has 0 spiro atoms. The first-order valence-electron chi connectivity index (χ1n) is 8.19. The third-order valence-corrected chi connectivity index (χ3v) is 5.64.